The van der Waals surface area contributed by atoms with Gasteiger partial charge in [-0.2, -0.15) is 0 Å². The maximum Gasteiger partial charge on any atom is 0.223 e. The molecule has 0 radical (unpaired) electrons. The molecule has 0 fully saturated rings. The van der Waals surface area contributed by atoms with Gasteiger partial charge in [-0.05, 0) is 36.1 Å². The van der Waals surface area contributed by atoms with E-state index in [1.807, 2.05) is 12.1 Å². The lowest BCUT2D eigenvalue weighted by atomic mass is 9.90. The molecule has 1 heterocycles. The van der Waals surface area contributed by atoms with Crippen LogP contribution in [0.25, 0.3) is 5.57 Å². The van der Waals surface area contributed by atoms with Gasteiger partial charge in [-0.1, -0.05) is 31.4 Å². The number of allylic oxidation sites excluding steroid dienone is 6. The highest BCUT2D eigenvalue weighted by Gasteiger charge is 2.22. The Morgan fingerprint density at radius 3 is 2.74 bits per heavy atom. The number of fused-ring (bicyclic) bond motifs is 1. The quantitative estimate of drug-likeness (QED) is 0.529. The standard InChI is InChI=1S/C22H24FNO3/c1-5-7-19(15(2)23)22(20(11-12-25)24(4)16(3)26)18-9-10-21-17(14-18)8-6-13-27-21/h5,7,9-10,12,14H,1-2,6,8,11,13H2,3-4H3/b19-7+,22-20-. The molecule has 1 aromatic rings. The Morgan fingerprint density at radius 2 is 2.15 bits per heavy atom. The summed E-state index contributed by atoms with van der Waals surface area (Å²) in [5.74, 6) is -0.123. The van der Waals surface area contributed by atoms with Crippen molar-refractivity contribution in [1.82, 2.24) is 4.90 Å². The van der Waals surface area contributed by atoms with Crippen molar-refractivity contribution in [2.75, 3.05) is 13.7 Å². The monoisotopic (exact) mass is 369 g/mol. The number of rotatable bonds is 7. The number of ether oxygens (including phenoxy) is 1. The number of carbonyl (C=O) groups excluding carboxylic acids is 2. The van der Waals surface area contributed by atoms with Gasteiger partial charge in [-0.3, -0.25) is 4.79 Å². The molecule has 0 unspecified atom stereocenters. The van der Waals surface area contributed by atoms with Crippen LogP contribution in [0.4, 0.5) is 4.39 Å². The second-order valence-corrected chi connectivity index (χ2v) is 6.27. The Balaban J connectivity index is 2.79. The fourth-order valence-electron chi connectivity index (χ4n) is 3.10. The molecule has 5 heteroatoms. The average Bonchev–Trinajstić information content (AvgIpc) is 2.65. The van der Waals surface area contributed by atoms with Crippen LogP contribution in [0.5, 0.6) is 5.75 Å². The normalized spacial score (nSPS) is 14.4. The van der Waals surface area contributed by atoms with Crippen LogP contribution in [-0.4, -0.2) is 30.7 Å². The van der Waals surface area contributed by atoms with Gasteiger partial charge in [0.25, 0.3) is 0 Å². The second kappa shape index (κ2) is 9.12. The molecular weight excluding hydrogens is 345 g/mol. The molecule has 0 spiro atoms. The Hall–Kier alpha value is -2.95. The van der Waals surface area contributed by atoms with Crippen LogP contribution in [0.2, 0.25) is 0 Å². The summed E-state index contributed by atoms with van der Waals surface area (Å²) in [6.45, 7) is 9.12. The molecule has 1 aromatic carbocycles. The van der Waals surface area contributed by atoms with Crippen molar-refractivity contribution in [3.8, 4) is 5.75 Å². The number of carbonyl (C=O) groups is 2. The van der Waals surface area contributed by atoms with E-state index in [0.29, 0.717) is 29.7 Å². The largest absolute Gasteiger partial charge is 0.493 e. The molecular formula is C22H24FNO3. The van der Waals surface area contributed by atoms with E-state index in [4.69, 9.17) is 4.74 Å². The van der Waals surface area contributed by atoms with E-state index >= 15 is 0 Å². The molecule has 1 amide bonds. The van der Waals surface area contributed by atoms with Gasteiger partial charge in [-0.15, -0.1) is 0 Å². The Kier molecular flexibility index (Phi) is 6.88. The maximum absolute atomic E-state index is 14.3. The molecule has 0 aromatic heterocycles. The lowest BCUT2D eigenvalue weighted by Crippen LogP contribution is -2.25. The number of amides is 1. The molecule has 0 aliphatic carbocycles. The predicted molar refractivity (Wildman–Crippen MR) is 105 cm³/mol. The molecule has 0 atom stereocenters. The van der Waals surface area contributed by atoms with Gasteiger partial charge in [0.2, 0.25) is 5.91 Å². The number of hydrogen-bond acceptors (Lipinski definition) is 3. The van der Waals surface area contributed by atoms with Crippen molar-refractivity contribution in [2.24, 2.45) is 0 Å². The SMILES string of the molecule is C=C/C=C(C(=C)F)/C(=C(/CC=O)N(C)C(C)=O)c1ccc2c(c1)CCCO2. The molecule has 27 heavy (non-hydrogen) atoms. The third-order valence-corrected chi connectivity index (χ3v) is 4.49. The van der Waals surface area contributed by atoms with E-state index in [0.717, 1.165) is 24.2 Å². The van der Waals surface area contributed by atoms with Gasteiger partial charge in [0.15, 0.2) is 0 Å². The molecule has 2 rings (SSSR count). The second-order valence-electron chi connectivity index (χ2n) is 6.27. The summed E-state index contributed by atoms with van der Waals surface area (Å²) >= 11 is 0. The number of halogens is 1. The van der Waals surface area contributed by atoms with Gasteiger partial charge in [0.1, 0.15) is 17.9 Å². The minimum atomic E-state index is -0.667. The zero-order valence-electron chi connectivity index (χ0n) is 15.8. The third kappa shape index (κ3) is 4.61. The molecule has 1 aliphatic rings. The van der Waals surface area contributed by atoms with Crippen LogP contribution < -0.4 is 4.74 Å². The summed E-state index contributed by atoms with van der Waals surface area (Å²) in [6, 6.07) is 5.56. The van der Waals surface area contributed by atoms with Gasteiger partial charge in [0.05, 0.1) is 6.61 Å². The fourth-order valence-corrected chi connectivity index (χ4v) is 3.10. The van der Waals surface area contributed by atoms with Crippen LogP contribution in [0.3, 0.4) is 0 Å². The number of aryl methyl sites for hydroxylation is 1. The first-order chi connectivity index (χ1) is 12.9. The van der Waals surface area contributed by atoms with Crippen LogP contribution >= 0.6 is 0 Å². The first-order valence-corrected chi connectivity index (χ1v) is 8.75. The molecule has 142 valence electrons. The summed E-state index contributed by atoms with van der Waals surface area (Å²) in [6.07, 6.45) is 5.35. The minimum Gasteiger partial charge on any atom is -0.493 e. The Bertz CT molecular complexity index is 836. The summed E-state index contributed by atoms with van der Waals surface area (Å²) in [4.78, 5) is 24.7. The summed E-state index contributed by atoms with van der Waals surface area (Å²) in [5, 5.41) is 0. The molecule has 0 N–H and O–H groups in total. The van der Waals surface area contributed by atoms with E-state index in [-0.39, 0.29) is 17.9 Å². The van der Waals surface area contributed by atoms with Gasteiger partial charge in [0, 0.05) is 37.2 Å². The first-order valence-electron chi connectivity index (χ1n) is 8.75. The van der Waals surface area contributed by atoms with Crippen molar-refractivity contribution in [1.29, 1.82) is 0 Å². The smallest absolute Gasteiger partial charge is 0.223 e. The zero-order chi connectivity index (χ0) is 20.0. The third-order valence-electron chi connectivity index (χ3n) is 4.49. The maximum atomic E-state index is 14.3. The molecule has 4 nitrogen and oxygen atoms in total. The Morgan fingerprint density at radius 1 is 1.41 bits per heavy atom. The van der Waals surface area contributed by atoms with Crippen molar-refractivity contribution in [3.05, 3.63) is 71.7 Å². The van der Waals surface area contributed by atoms with E-state index < -0.39 is 5.83 Å². The van der Waals surface area contributed by atoms with Gasteiger partial charge in [-0.25, -0.2) is 4.39 Å². The summed E-state index contributed by atoms with van der Waals surface area (Å²) in [5.41, 5.74) is 2.74. The lowest BCUT2D eigenvalue weighted by Gasteiger charge is -2.25. The number of hydrogen-bond donors (Lipinski definition) is 0. The van der Waals surface area contributed by atoms with Crippen molar-refractivity contribution in [3.63, 3.8) is 0 Å². The van der Waals surface area contributed by atoms with E-state index in [1.54, 1.807) is 13.1 Å². The van der Waals surface area contributed by atoms with Crippen LogP contribution in [-0.2, 0) is 16.0 Å². The topological polar surface area (TPSA) is 46.6 Å². The van der Waals surface area contributed by atoms with Crippen molar-refractivity contribution >= 4 is 17.8 Å². The van der Waals surface area contributed by atoms with Crippen LogP contribution in [0.15, 0.2) is 60.6 Å². The lowest BCUT2D eigenvalue weighted by molar-refractivity contribution is -0.125. The summed E-state index contributed by atoms with van der Waals surface area (Å²) < 4.78 is 20.0. The number of aldehydes is 1. The van der Waals surface area contributed by atoms with E-state index in [2.05, 4.69) is 13.2 Å². The summed E-state index contributed by atoms with van der Waals surface area (Å²) in [7, 11) is 1.56. The highest BCUT2D eigenvalue weighted by atomic mass is 19.1. The molecule has 0 saturated heterocycles. The zero-order valence-corrected chi connectivity index (χ0v) is 15.8. The predicted octanol–water partition coefficient (Wildman–Crippen LogP) is 4.39. The average molecular weight is 369 g/mol. The van der Waals surface area contributed by atoms with Gasteiger partial charge < -0.3 is 14.4 Å². The molecule has 0 bridgehead atoms. The van der Waals surface area contributed by atoms with E-state index in [1.165, 1.54) is 24.0 Å². The van der Waals surface area contributed by atoms with Crippen LogP contribution in [0.1, 0.15) is 30.9 Å². The van der Waals surface area contributed by atoms with E-state index in [9.17, 15) is 14.0 Å². The number of nitrogens with zero attached hydrogens (tertiary/aromatic N) is 1. The van der Waals surface area contributed by atoms with Crippen molar-refractivity contribution in [2.45, 2.75) is 26.2 Å². The van der Waals surface area contributed by atoms with Crippen molar-refractivity contribution < 1.29 is 18.7 Å². The first kappa shape index (κ1) is 20.4. The number of benzene rings is 1. The molecule has 1 aliphatic heterocycles. The van der Waals surface area contributed by atoms with Gasteiger partial charge >= 0.3 is 0 Å². The minimum absolute atomic E-state index is 0.0409. The van der Waals surface area contributed by atoms with Crippen LogP contribution in [0, 0.1) is 0 Å². The molecule has 0 saturated carbocycles. The fraction of sp³-hybridized carbons (Fsp3) is 0.273. The Labute approximate surface area is 159 Å². The highest BCUT2D eigenvalue weighted by Crippen LogP contribution is 2.37. The highest BCUT2D eigenvalue weighted by molar-refractivity contribution is 5.90.